The fourth-order valence-electron chi connectivity index (χ4n) is 2.06. The largest absolute Gasteiger partial charge is 0.415 e. The summed E-state index contributed by atoms with van der Waals surface area (Å²) in [7, 11) is 0. The summed E-state index contributed by atoms with van der Waals surface area (Å²) in [5.74, 6) is 0. The topological polar surface area (TPSA) is 23.5 Å². The molecule has 1 aliphatic heterocycles. The average Bonchev–Trinajstić information content (AvgIpc) is 2.27. The monoisotopic (exact) mass is 245 g/mol. The summed E-state index contributed by atoms with van der Waals surface area (Å²) in [6.07, 6.45) is -6.05. The van der Waals surface area contributed by atoms with Crippen LogP contribution in [0.1, 0.15) is 11.1 Å². The lowest BCUT2D eigenvalue weighted by Gasteiger charge is -2.30. The number of hydrogen-bond donors (Lipinski definition) is 1. The fraction of sp³-hybridized carbons (Fsp3) is 0.500. The predicted octanol–water partition coefficient (Wildman–Crippen LogP) is 1.97. The average molecular weight is 245 g/mol. The lowest BCUT2D eigenvalue weighted by molar-refractivity contribution is -0.208. The first-order valence-corrected chi connectivity index (χ1v) is 5.51. The van der Waals surface area contributed by atoms with Crippen molar-refractivity contribution in [1.82, 2.24) is 4.90 Å². The number of aliphatic hydroxyl groups excluding tert-OH is 1. The summed E-state index contributed by atoms with van der Waals surface area (Å²) in [6, 6.07) is 7.72. The number of alkyl halides is 3. The van der Waals surface area contributed by atoms with Gasteiger partial charge in [-0.15, -0.1) is 0 Å². The van der Waals surface area contributed by atoms with E-state index in [9.17, 15) is 13.2 Å². The Labute approximate surface area is 97.7 Å². The minimum Gasteiger partial charge on any atom is -0.382 e. The number of benzene rings is 1. The van der Waals surface area contributed by atoms with Crippen molar-refractivity contribution >= 4 is 0 Å². The number of rotatable bonds is 2. The van der Waals surface area contributed by atoms with Crippen molar-refractivity contribution in [2.75, 3.05) is 13.1 Å². The van der Waals surface area contributed by atoms with E-state index in [1.54, 1.807) is 4.90 Å². The van der Waals surface area contributed by atoms with Crippen LogP contribution in [-0.2, 0) is 13.0 Å². The number of halogens is 3. The van der Waals surface area contributed by atoms with E-state index in [0.717, 1.165) is 12.0 Å². The van der Waals surface area contributed by atoms with E-state index in [1.165, 1.54) is 5.56 Å². The van der Waals surface area contributed by atoms with Gasteiger partial charge in [0.25, 0.3) is 0 Å². The van der Waals surface area contributed by atoms with E-state index in [1.807, 2.05) is 24.3 Å². The van der Waals surface area contributed by atoms with Gasteiger partial charge in [0.15, 0.2) is 6.10 Å². The molecule has 2 nitrogen and oxygen atoms in total. The molecule has 5 heteroatoms. The molecule has 1 N–H and O–H groups in total. The summed E-state index contributed by atoms with van der Waals surface area (Å²) in [4.78, 5) is 1.64. The third-order valence-corrected chi connectivity index (χ3v) is 3.02. The summed E-state index contributed by atoms with van der Waals surface area (Å²) in [5.41, 5.74) is 2.23. The van der Waals surface area contributed by atoms with Crippen LogP contribution in [0.15, 0.2) is 24.3 Å². The van der Waals surface area contributed by atoms with Crippen molar-refractivity contribution in [3.8, 4) is 0 Å². The second kappa shape index (κ2) is 4.66. The predicted molar refractivity (Wildman–Crippen MR) is 57.5 cm³/mol. The van der Waals surface area contributed by atoms with Crippen molar-refractivity contribution in [2.24, 2.45) is 0 Å². The lowest BCUT2D eigenvalue weighted by Crippen LogP contribution is -2.42. The Bertz CT molecular complexity index is 392. The van der Waals surface area contributed by atoms with Crippen molar-refractivity contribution < 1.29 is 18.3 Å². The molecule has 0 aromatic heterocycles. The minimum atomic E-state index is -4.53. The molecule has 0 saturated heterocycles. The SMILES string of the molecule is O[C@H](CN1CCc2ccccc2C1)C(F)(F)F. The Kier molecular flexibility index (Phi) is 3.40. The molecule has 94 valence electrons. The van der Waals surface area contributed by atoms with E-state index in [2.05, 4.69) is 0 Å². The molecule has 1 aliphatic rings. The van der Waals surface area contributed by atoms with Gasteiger partial charge in [0.1, 0.15) is 0 Å². The summed E-state index contributed by atoms with van der Waals surface area (Å²) in [6.45, 7) is 0.686. The molecule has 0 amide bonds. The molecule has 0 unspecified atom stereocenters. The zero-order chi connectivity index (χ0) is 12.5. The molecule has 1 aromatic rings. The van der Waals surface area contributed by atoms with E-state index in [4.69, 9.17) is 5.11 Å². The highest BCUT2D eigenvalue weighted by Gasteiger charge is 2.39. The zero-order valence-electron chi connectivity index (χ0n) is 9.24. The smallest absolute Gasteiger partial charge is 0.382 e. The number of nitrogens with zero attached hydrogens (tertiary/aromatic N) is 1. The van der Waals surface area contributed by atoms with Gasteiger partial charge in [0.05, 0.1) is 0 Å². The van der Waals surface area contributed by atoms with Gasteiger partial charge in [-0.1, -0.05) is 24.3 Å². The van der Waals surface area contributed by atoms with Crippen LogP contribution in [-0.4, -0.2) is 35.4 Å². The highest BCUT2D eigenvalue weighted by atomic mass is 19.4. The Morgan fingerprint density at radius 2 is 1.88 bits per heavy atom. The van der Waals surface area contributed by atoms with Crippen LogP contribution < -0.4 is 0 Å². The van der Waals surface area contributed by atoms with Crippen LogP contribution >= 0.6 is 0 Å². The van der Waals surface area contributed by atoms with Crippen molar-refractivity contribution in [3.63, 3.8) is 0 Å². The molecule has 0 bridgehead atoms. The van der Waals surface area contributed by atoms with Crippen LogP contribution in [0, 0.1) is 0 Å². The molecule has 1 aromatic carbocycles. The van der Waals surface area contributed by atoms with E-state index >= 15 is 0 Å². The fourth-order valence-corrected chi connectivity index (χ4v) is 2.06. The molecule has 1 atom stereocenters. The third-order valence-electron chi connectivity index (χ3n) is 3.02. The lowest BCUT2D eigenvalue weighted by atomic mass is 10.00. The molecule has 17 heavy (non-hydrogen) atoms. The Hall–Kier alpha value is -1.07. The summed E-state index contributed by atoms with van der Waals surface area (Å²) >= 11 is 0. The number of aliphatic hydroxyl groups is 1. The number of β-amino-alcohol motifs (C(OH)–C–C–N with tert-alkyl or cyclic N) is 1. The highest BCUT2D eigenvalue weighted by molar-refractivity contribution is 5.29. The van der Waals surface area contributed by atoms with Gasteiger partial charge in [-0.3, -0.25) is 4.90 Å². The van der Waals surface area contributed by atoms with Crippen LogP contribution in [0.3, 0.4) is 0 Å². The molecule has 0 radical (unpaired) electrons. The van der Waals surface area contributed by atoms with E-state index in [-0.39, 0.29) is 6.54 Å². The molecular weight excluding hydrogens is 231 g/mol. The second-order valence-electron chi connectivity index (χ2n) is 4.31. The normalized spacial score (nSPS) is 18.8. The van der Waals surface area contributed by atoms with Crippen LogP contribution in [0.25, 0.3) is 0 Å². The molecule has 0 saturated carbocycles. The molecule has 2 rings (SSSR count). The second-order valence-corrected chi connectivity index (χ2v) is 4.31. The quantitative estimate of drug-likeness (QED) is 0.861. The first-order chi connectivity index (χ1) is 7.97. The molecule has 1 heterocycles. The van der Waals surface area contributed by atoms with Crippen molar-refractivity contribution in [2.45, 2.75) is 25.2 Å². The van der Waals surface area contributed by atoms with Crippen molar-refractivity contribution in [1.29, 1.82) is 0 Å². The molecule has 0 spiro atoms. The van der Waals surface area contributed by atoms with Gasteiger partial charge < -0.3 is 5.11 Å². The molecule has 0 fully saturated rings. The van der Waals surface area contributed by atoms with Gasteiger partial charge in [0, 0.05) is 19.6 Å². The van der Waals surface area contributed by atoms with E-state index in [0.29, 0.717) is 13.1 Å². The van der Waals surface area contributed by atoms with E-state index < -0.39 is 12.3 Å². The zero-order valence-corrected chi connectivity index (χ0v) is 9.24. The summed E-state index contributed by atoms with van der Waals surface area (Å²) < 4.78 is 36.7. The van der Waals surface area contributed by atoms with Crippen LogP contribution in [0.4, 0.5) is 13.2 Å². The highest BCUT2D eigenvalue weighted by Crippen LogP contribution is 2.23. The number of hydrogen-bond acceptors (Lipinski definition) is 2. The van der Waals surface area contributed by atoms with Gasteiger partial charge in [-0.25, -0.2) is 0 Å². The Morgan fingerprint density at radius 3 is 2.53 bits per heavy atom. The van der Waals surface area contributed by atoms with Gasteiger partial charge >= 0.3 is 6.18 Å². The van der Waals surface area contributed by atoms with Crippen LogP contribution in [0.2, 0.25) is 0 Å². The van der Waals surface area contributed by atoms with Gasteiger partial charge in [-0.2, -0.15) is 13.2 Å². The third kappa shape index (κ3) is 2.98. The summed E-state index contributed by atoms with van der Waals surface area (Å²) in [5, 5.41) is 9.02. The van der Waals surface area contributed by atoms with Crippen LogP contribution in [0.5, 0.6) is 0 Å². The Balaban J connectivity index is 1.99. The standard InChI is InChI=1S/C12H14F3NO/c13-12(14,15)11(17)8-16-6-5-9-3-1-2-4-10(9)7-16/h1-4,11,17H,5-8H2/t11-/m1/s1. The Morgan fingerprint density at radius 1 is 1.24 bits per heavy atom. The maximum absolute atomic E-state index is 12.2. The van der Waals surface area contributed by atoms with Gasteiger partial charge in [0.2, 0.25) is 0 Å². The first-order valence-electron chi connectivity index (χ1n) is 5.51. The molecule has 0 aliphatic carbocycles. The maximum Gasteiger partial charge on any atom is 0.415 e. The van der Waals surface area contributed by atoms with Gasteiger partial charge in [-0.05, 0) is 17.5 Å². The maximum atomic E-state index is 12.2. The molecular formula is C12H14F3NO. The number of fused-ring (bicyclic) bond motifs is 1. The first kappa shape index (κ1) is 12.4. The minimum absolute atomic E-state index is 0.349. The van der Waals surface area contributed by atoms with Crippen molar-refractivity contribution in [3.05, 3.63) is 35.4 Å².